The summed E-state index contributed by atoms with van der Waals surface area (Å²) in [5, 5.41) is 1.98. The lowest BCUT2D eigenvalue weighted by atomic mass is 10.1. The van der Waals surface area contributed by atoms with Crippen LogP contribution in [0, 0.1) is 6.92 Å². The molecule has 2 aromatic carbocycles. The Morgan fingerprint density at radius 1 is 1.10 bits per heavy atom. The third kappa shape index (κ3) is 2.26. The molecule has 0 radical (unpaired) electrons. The summed E-state index contributed by atoms with van der Waals surface area (Å²) in [5.41, 5.74) is 2.93. The van der Waals surface area contributed by atoms with Crippen LogP contribution in [0.25, 0.3) is 16.5 Å². The van der Waals surface area contributed by atoms with Gasteiger partial charge in [0.25, 0.3) is 5.56 Å². The number of nitrogens with zero attached hydrogens (tertiary/aromatic N) is 1. The van der Waals surface area contributed by atoms with E-state index in [4.69, 9.17) is 11.6 Å². The second kappa shape index (κ2) is 5.38. The third-order valence-corrected chi connectivity index (χ3v) is 4.11. The summed E-state index contributed by atoms with van der Waals surface area (Å²) in [6.45, 7) is 4.07. The summed E-state index contributed by atoms with van der Waals surface area (Å²) >= 11 is 6.24. The molecule has 1 aromatic heterocycles. The first-order valence-electron chi connectivity index (χ1n) is 7.02. The number of pyridine rings is 1. The zero-order valence-electron chi connectivity index (χ0n) is 12.1. The highest BCUT2D eigenvalue weighted by Gasteiger charge is 2.13. The molecular formula is C18H16ClNO. The summed E-state index contributed by atoms with van der Waals surface area (Å²) < 4.78 is 1.78. The predicted molar refractivity (Wildman–Crippen MR) is 88.7 cm³/mol. The van der Waals surface area contributed by atoms with Crippen LogP contribution in [0.3, 0.4) is 0 Å². The summed E-state index contributed by atoms with van der Waals surface area (Å²) in [6, 6.07) is 15.5. The fourth-order valence-corrected chi connectivity index (χ4v) is 2.97. The van der Waals surface area contributed by atoms with Gasteiger partial charge in [0.15, 0.2) is 0 Å². The fraction of sp³-hybridized carbons (Fsp3) is 0.167. The SMILES string of the molecule is CCc1cc2cccc(Cl)c2c(=O)n1-c1ccccc1C. The van der Waals surface area contributed by atoms with Gasteiger partial charge in [-0.15, -0.1) is 0 Å². The van der Waals surface area contributed by atoms with Crippen molar-refractivity contribution in [3.63, 3.8) is 0 Å². The number of rotatable bonds is 2. The summed E-state index contributed by atoms with van der Waals surface area (Å²) in [4.78, 5) is 13.0. The fourth-order valence-electron chi connectivity index (χ4n) is 2.71. The van der Waals surface area contributed by atoms with Crippen LogP contribution in [0.5, 0.6) is 0 Å². The van der Waals surface area contributed by atoms with E-state index >= 15 is 0 Å². The topological polar surface area (TPSA) is 22.0 Å². The molecule has 0 amide bonds. The van der Waals surface area contributed by atoms with E-state index in [1.54, 1.807) is 10.6 Å². The quantitative estimate of drug-likeness (QED) is 0.682. The standard InChI is InChI=1S/C18H16ClNO/c1-3-14-11-13-8-6-9-15(19)17(13)18(21)20(14)16-10-5-4-7-12(16)2/h4-11H,3H2,1-2H3. The minimum absolute atomic E-state index is 0.0516. The molecule has 21 heavy (non-hydrogen) atoms. The maximum absolute atomic E-state index is 13.0. The van der Waals surface area contributed by atoms with Gasteiger partial charge in [0.2, 0.25) is 0 Å². The molecule has 0 spiro atoms. The number of benzene rings is 2. The number of halogens is 1. The van der Waals surface area contributed by atoms with E-state index in [1.165, 1.54) is 0 Å². The van der Waals surface area contributed by atoms with E-state index < -0.39 is 0 Å². The van der Waals surface area contributed by atoms with E-state index in [-0.39, 0.29) is 5.56 Å². The maximum atomic E-state index is 13.0. The second-order valence-electron chi connectivity index (χ2n) is 5.12. The lowest BCUT2D eigenvalue weighted by Gasteiger charge is -2.16. The normalized spacial score (nSPS) is 11.0. The van der Waals surface area contributed by atoms with Gasteiger partial charge in [0.05, 0.1) is 16.1 Å². The molecule has 0 fully saturated rings. The van der Waals surface area contributed by atoms with Crippen LogP contribution >= 0.6 is 11.6 Å². The van der Waals surface area contributed by atoms with Crippen molar-refractivity contribution in [1.82, 2.24) is 4.57 Å². The lowest BCUT2D eigenvalue weighted by Crippen LogP contribution is -2.22. The number of aryl methyl sites for hydroxylation is 2. The van der Waals surface area contributed by atoms with E-state index in [0.29, 0.717) is 10.4 Å². The number of hydrogen-bond donors (Lipinski definition) is 0. The predicted octanol–water partition coefficient (Wildman–Crippen LogP) is 4.51. The summed E-state index contributed by atoms with van der Waals surface area (Å²) in [6.07, 6.45) is 0.784. The Bertz CT molecular complexity index is 880. The zero-order valence-corrected chi connectivity index (χ0v) is 12.8. The van der Waals surface area contributed by atoms with Crippen LogP contribution in [-0.2, 0) is 6.42 Å². The van der Waals surface area contributed by atoms with Crippen LogP contribution in [0.4, 0.5) is 0 Å². The maximum Gasteiger partial charge on any atom is 0.264 e. The average molecular weight is 298 g/mol. The molecule has 0 N–H and O–H groups in total. The van der Waals surface area contributed by atoms with Gasteiger partial charge in [-0.3, -0.25) is 9.36 Å². The van der Waals surface area contributed by atoms with Crippen molar-refractivity contribution in [3.05, 3.63) is 75.2 Å². The van der Waals surface area contributed by atoms with Crippen LogP contribution < -0.4 is 5.56 Å². The zero-order chi connectivity index (χ0) is 15.0. The molecule has 0 aliphatic carbocycles. The lowest BCUT2D eigenvalue weighted by molar-refractivity contribution is 0.882. The van der Waals surface area contributed by atoms with Crippen molar-refractivity contribution in [2.24, 2.45) is 0 Å². The summed E-state index contributed by atoms with van der Waals surface area (Å²) in [7, 11) is 0. The Morgan fingerprint density at radius 3 is 2.57 bits per heavy atom. The molecule has 3 aromatic rings. The number of aromatic nitrogens is 1. The van der Waals surface area contributed by atoms with E-state index in [2.05, 4.69) is 13.0 Å². The average Bonchev–Trinajstić information content (AvgIpc) is 2.48. The molecule has 0 bridgehead atoms. The molecule has 106 valence electrons. The molecule has 1 heterocycles. The Labute approximate surface area is 128 Å². The number of fused-ring (bicyclic) bond motifs is 1. The van der Waals surface area contributed by atoms with E-state index in [0.717, 1.165) is 28.8 Å². The van der Waals surface area contributed by atoms with Crippen molar-refractivity contribution < 1.29 is 0 Å². The minimum Gasteiger partial charge on any atom is -0.280 e. The third-order valence-electron chi connectivity index (χ3n) is 3.79. The van der Waals surface area contributed by atoms with Gasteiger partial charge in [-0.25, -0.2) is 0 Å². The first kappa shape index (κ1) is 13.9. The molecule has 0 aliphatic rings. The Morgan fingerprint density at radius 2 is 1.86 bits per heavy atom. The highest BCUT2D eigenvalue weighted by Crippen LogP contribution is 2.23. The second-order valence-corrected chi connectivity index (χ2v) is 5.53. The molecule has 3 rings (SSSR count). The number of hydrogen-bond acceptors (Lipinski definition) is 1. The number of para-hydroxylation sites is 1. The molecule has 2 nitrogen and oxygen atoms in total. The van der Waals surface area contributed by atoms with Crippen molar-refractivity contribution >= 4 is 22.4 Å². The van der Waals surface area contributed by atoms with Crippen molar-refractivity contribution in [2.45, 2.75) is 20.3 Å². The molecule has 0 atom stereocenters. The van der Waals surface area contributed by atoms with Gasteiger partial charge in [0.1, 0.15) is 0 Å². The highest BCUT2D eigenvalue weighted by atomic mass is 35.5. The van der Waals surface area contributed by atoms with Crippen molar-refractivity contribution in [1.29, 1.82) is 0 Å². The molecule has 0 aliphatic heterocycles. The van der Waals surface area contributed by atoms with Gasteiger partial charge in [-0.2, -0.15) is 0 Å². The van der Waals surface area contributed by atoms with Crippen LogP contribution in [0.2, 0.25) is 5.02 Å². The van der Waals surface area contributed by atoms with Crippen LogP contribution in [0.1, 0.15) is 18.2 Å². The van der Waals surface area contributed by atoms with E-state index in [1.807, 2.05) is 43.3 Å². The first-order chi connectivity index (χ1) is 10.1. The van der Waals surface area contributed by atoms with E-state index in [9.17, 15) is 4.79 Å². The monoisotopic (exact) mass is 297 g/mol. The van der Waals surface area contributed by atoms with Gasteiger partial charge in [-0.05, 0) is 42.5 Å². The first-order valence-corrected chi connectivity index (χ1v) is 7.40. The molecular weight excluding hydrogens is 282 g/mol. The Balaban J connectivity index is 2.48. The van der Waals surface area contributed by atoms with Gasteiger partial charge < -0.3 is 0 Å². The van der Waals surface area contributed by atoms with Crippen LogP contribution in [-0.4, -0.2) is 4.57 Å². The highest BCUT2D eigenvalue weighted by molar-refractivity contribution is 6.35. The minimum atomic E-state index is -0.0516. The smallest absolute Gasteiger partial charge is 0.264 e. The largest absolute Gasteiger partial charge is 0.280 e. The Hall–Kier alpha value is -2.06. The van der Waals surface area contributed by atoms with Crippen molar-refractivity contribution in [3.8, 4) is 5.69 Å². The van der Waals surface area contributed by atoms with Gasteiger partial charge in [0, 0.05) is 5.69 Å². The molecule has 0 unspecified atom stereocenters. The Kier molecular flexibility index (Phi) is 3.56. The molecule has 0 saturated carbocycles. The summed E-state index contributed by atoms with van der Waals surface area (Å²) in [5.74, 6) is 0. The van der Waals surface area contributed by atoms with Gasteiger partial charge in [-0.1, -0.05) is 48.9 Å². The molecule has 3 heteroatoms. The molecule has 0 saturated heterocycles. The van der Waals surface area contributed by atoms with Gasteiger partial charge >= 0.3 is 0 Å². The van der Waals surface area contributed by atoms with Crippen molar-refractivity contribution in [2.75, 3.05) is 0 Å². The van der Waals surface area contributed by atoms with Crippen LogP contribution in [0.15, 0.2) is 53.3 Å².